The van der Waals surface area contributed by atoms with Gasteiger partial charge in [-0.05, 0) is 57.2 Å². The van der Waals surface area contributed by atoms with Gasteiger partial charge in [-0.1, -0.05) is 12.1 Å². The third kappa shape index (κ3) is 4.27. The second-order valence-corrected chi connectivity index (χ2v) is 6.41. The molecule has 0 saturated heterocycles. The fourth-order valence-electron chi connectivity index (χ4n) is 2.60. The van der Waals surface area contributed by atoms with Crippen LogP contribution in [0.3, 0.4) is 0 Å². The highest BCUT2D eigenvalue weighted by atomic mass is 32.2. The first-order valence-corrected chi connectivity index (χ1v) is 8.58. The number of hydrogen-bond acceptors (Lipinski definition) is 3. The number of amides is 1. The van der Waals surface area contributed by atoms with Gasteiger partial charge in [-0.2, -0.15) is 0 Å². The highest BCUT2D eigenvalue weighted by Crippen LogP contribution is 2.26. The van der Waals surface area contributed by atoms with Crippen LogP contribution < -0.4 is 5.73 Å². The summed E-state index contributed by atoms with van der Waals surface area (Å²) in [7, 11) is 0. The van der Waals surface area contributed by atoms with Gasteiger partial charge in [0, 0.05) is 22.8 Å². The average molecular weight is 304 g/mol. The summed E-state index contributed by atoms with van der Waals surface area (Å²) in [6, 6.07) is 5.85. The topological polar surface area (TPSA) is 46.3 Å². The maximum absolute atomic E-state index is 12.5. The van der Waals surface area contributed by atoms with Gasteiger partial charge < -0.3 is 10.6 Å². The lowest BCUT2D eigenvalue weighted by atomic mass is 10.0. The molecule has 0 radical (unpaired) electrons. The Kier molecular flexibility index (Phi) is 5.74. The van der Waals surface area contributed by atoms with Crippen LogP contribution in [0.2, 0.25) is 0 Å². The van der Waals surface area contributed by atoms with E-state index in [1.807, 2.05) is 36.9 Å². The quantitative estimate of drug-likeness (QED) is 0.661. The predicted octanol–water partition coefficient (Wildman–Crippen LogP) is 3.98. The van der Waals surface area contributed by atoms with E-state index in [1.54, 1.807) is 11.8 Å². The molecule has 0 spiro atoms. The summed E-state index contributed by atoms with van der Waals surface area (Å²) < 4.78 is 0. The van der Waals surface area contributed by atoms with Gasteiger partial charge >= 0.3 is 0 Å². The van der Waals surface area contributed by atoms with E-state index in [4.69, 9.17) is 5.73 Å². The zero-order valence-electron chi connectivity index (χ0n) is 12.9. The van der Waals surface area contributed by atoms with E-state index in [2.05, 4.69) is 6.08 Å². The molecule has 0 aliphatic heterocycles. The molecule has 21 heavy (non-hydrogen) atoms. The molecule has 114 valence electrons. The number of nitrogens with two attached hydrogens (primary N) is 1. The van der Waals surface area contributed by atoms with Crippen molar-refractivity contribution in [2.24, 2.45) is 0 Å². The van der Waals surface area contributed by atoms with Crippen molar-refractivity contribution in [1.82, 2.24) is 4.90 Å². The van der Waals surface area contributed by atoms with Crippen LogP contribution in [0.1, 0.15) is 38.2 Å². The summed E-state index contributed by atoms with van der Waals surface area (Å²) in [6.07, 6.45) is 6.78. The Hall–Kier alpha value is -1.42. The normalized spacial score (nSPS) is 14.7. The van der Waals surface area contributed by atoms with Crippen LogP contribution in [0.4, 0.5) is 5.69 Å². The summed E-state index contributed by atoms with van der Waals surface area (Å²) >= 11 is 1.58. The van der Waals surface area contributed by atoms with Gasteiger partial charge in [0.1, 0.15) is 0 Å². The third-order valence-corrected chi connectivity index (χ3v) is 4.94. The summed E-state index contributed by atoms with van der Waals surface area (Å²) in [5, 5.41) is 0. The van der Waals surface area contributed by atoms with Gasteiger partial charge in [0.05, 0.1) is 5.75 Å². The molecule has 3 nitrogen and oxygen atoms in total. The van der Waals surface area contributed by atoms with Gasteiger partial charge in [-0.25, -0.2) is 0 Å². The van der Waals surface area contributed by atoms with E-state index in [0.29, 0.717) is 5.75 Å². The van der Waals surface area contributed by atoms with E-state index in [0.717, 1.165) is 30.0 Å². The minimum Gasteiger partial charge on any atom is -0.399 e. The smallest absolute Gasteiger partial charge is 0.237 e. The van der Waals surface area contributed by atoms with Crippen LogP contribution in [0.25, 0.3) is 0 Å². The molecule has 0 aromatic heterocycles. The summed E-state index contributed by atoms with van der Waals surface area (Å²) in [4.78, 5) is 15.5. The second-order valence-electron chi connectivity index (χ2n) is 5.39. The van der Waals surface area contributed by atoms with Gasteiger partial charge in [-0.15, -0.1) is 11.8 Å². The number of nitrogen functional groups attached to an aromatic ring is 1. The van der Waals surface area contributed by atoms with E-state index < -0.39 is 0 Å². The Morgan fingerprint density at radius 1 is 1.38 bits per heavy atom. The number of nitrogens with zero attached hydrogens (tertiary/aromatic N) is 1. The number of benzene rings is 1. The van der Waals surface area contributed by atoms with E-state index in [-0.39, 0.29) is 5.91 Å². The number of anilines is 1. The van der Waals surface area contributed by atoms with Gasteiger partial charge in [0.25, 0.3) is 0 Å². The van der Waals surface area contributed by atoms with E-state index in [9.17, 15) is 4.79 Å². The summed E-state index contributed by atoms with van der Waals surface area (Å²) in [6.45, 7) is 4.85. The lowest BCUT2D eigenvalue weighted by Gasteiger charge is -2.26. The fraction of sp³-hybridized carbons (Fsp3) is 0.471. The summed E-state index contributed by atoms with van der Waals surface area (Å²) in [5.74, 6) is 0.660. The lowest BCUT2D eigenvalue weighted by Crippen LogP contribution is -2.32. The SMILES string of the molecule is CCN(C(=O)CSc1cc(N)ccc1C)C1=CCCCC1. The van der Waals surface area contributed by atoms with E-state index >= 15 is 0 Å². The van der Waals surface area contributed by atoms with Crippen LogP contribution in [0.5, 0.6) is 0 Å². The van der Waals surface area contributed by atoms with Crippen LogP contribution >= 0.6 is 11.8 Å². The molecule has 0 unspecified atom stereocenters. The highest BCUT2D eigenvalue weighted by molar-refractivity contribution is 8.00. The third-order valence-electron chi connectivity index (χ3n) is 3.79. The van der Waals surface area contributed by atoms with Crippen molar-refractivity contribution in [1.29, 1.82) is 0 Å². The molecule has 0 heterocycles. The van der Waals surface area contributed by atoms with Crippen LogP contribution in [-0.4, -0.2) is 23.1 Å². The van der Waals surface area contributed by atoms with Crippen molar-refractivity contribution in [3.8, 4) is 0 Å². The molecule has 1 amide bonds. The van der Waals surface area contributed by atoms with Crippen molar-refractivity contribution in [2.45, 2.75) is 44.4 Å². The first-order chi connectivity index (χ1) is 10.1. The second kappa shape index (κ2) is 7.55. The average Bonchev–Trinajstić information content (AvgIpc) is 2.50. The van der Waals surface area contributed by atoms with Crippen molar-refractivity contribution >= 4 is 23.4 Å². The Morgan fingerprint density at radius 2 is 2.19 bits per heavy atom. The molecular weight excluding hydrogens is 280 g/mol. The Balaban J connectivity index is 1.99. The molecule has 2 rings (SSSR count). The molecule has 0 bridgehead atoms. The number of carbonyl (C=O) groups is 1. The highest BCUT2D eigenvalue weighted by Gasteiger charge is 2.18. The molecule has 1 aliphatic carbocycles. The Labute approximate surface area is 131 Å². The largest absolute Gasteiger partial charge is 0.399 e. The first kappa shape index (κ1) is 16.0. The first-order valence-electron chi connectivity index (χ1n) is 7.60. The zero-order chi connectivity index (χ0) is 15.2. The van der Waals surface area contributed by atoms with Crippen molar-refractivity contribution in [3.63, 3.8) is 0 Å². The van der Waals surface area contributed by atoms with Gasteiger partial charge in [-0.3, -0.25) is 4.79 Å². The molecule has 1 aromatic carbocycles. The Morgan fingerprint density at radius 3 is 2.86 bits per heavy atom. The number of carbonyl (C=O) groups excluding carboxylic acids is 1. The molecular formula is C17H24N2OS. The number of thioether (sulfide) groups is 1. The zero-order valence-corrected chi connectivity index (χ0v) is 13.7. The molecule has 0 fully saturated rings. The maximum atomic E-state index is 12.5. The Bertz CT molecular complexity index is 540. The minimum atomic E-state index is 0.192. The minimum absolute atomic E-state index is 0.192. The molecule has 4 heteroatoms. The van der Waals surface area contributed by atoms with Crippen LogP contribution in [0.15, 0.2) is 34.9 Å². The molecule has 1 aromatic rings. The molecule has 1 aliphatic rings. The van der Waals surface area contributed by atoms with Crippen molar-refractivity contribution in [3.05, 3.63) is 35.5 Å². The van der Waals surface area contributed by atoms with Gasteiger partial charge in [0.2, 0.25) is 5.91 Å². The maximum Gasteiger partial charge on any atom is 0.237 e. The van der Waals surface area contributed by atoms with Crippen LogP contribution in [-0.2, 0) is 4.79 Å². The lowest BCUT2D eigenvalue weighted by molar-refractivity contribution is -0.126. The van der Waals surface area contributed by atoms with E-state index in [1.165, 1.54) is 24.1 Å². The van der Waals surface area contributed by atoms with Crippen LogP contribution in [0, 0.1) is 6.92 Å². The standard InChI is InChI=1S/C17H24N2OS/c1-3-19(15-7-5-4-6-8-15)17(20)12-21-16-11-14(18)10-9-13(16)2/h7,9-11H,3-6,8,12,18H2,1-2H3. The van der Waals surface area contributed by atoms with Crippen molar-refractivity contribution in [2.75, 3.05) is 18.0 Å². The van der Waals surface area contributed by atoms with Gasteiger partial charge in [0.15, 0.2) is 0 Å². The van der Waals surface area contributed by atoms with Crippen molar-refractivity contribution < 1.29 is 4.79 Å². The molecule has 0 atom stereocenters. The fourth-order valence-corrected chi connectivity index (χ4v) is 3.55. The number of hydrogen-bond donors (Lipinski definition) is 1. The summed E-state index contributed by atoms with van der Waals surface area (Å²) in [5.41, 5.74) is 8.94. The number of aryl methyl sites for hydroxylation is 1. The molecule has 2 N–H and O–H groups in total. The monoisotopic (exact) mass is 304 g/mol. The number of allylic oxidation sites excluding steroid dienone is 2. The molecule has 0 saturated carbocycles. The predicted molar refractivity (Wildman–Crippen MR) is 90.3 cm³/mol. The number of rotatable bonds is 5.